The molecular weight excluding hydrogens is 305 g/mol. The molecule has 0 aliphatic carbocycles. The Morgan fingerprint density at radius 1 is 1.09 bits per heavy atom. The average Bonchev–Trinajstić information content (AvgIpc) is 3.03. The van der Waals surface area contributed by atoms with Gasteiger partial charge in [-0.15, -0.1) is 0 Å². The SMILES string of the molecule is O=C(NCCNC(=S)NCc1ccco1)c1ccc(F)cc1. The maximum atomic E-state index is 12.8. The number of nitrogens with one attached hydrogen (secondary N) is 3. The summed E-state index contributed by atoms with van der Waals surface area (Å²) in [6.07, 6.45) is 1.60. The highest BCUT2D eigenvalue weighted by molar-refractivity contribution is 7.80. The van der Waals surface area contributed by atoms with Gasteiger partial charge < -0.3 is 20.4 Å². The summed E-state index contributed by atoms with van der Waals surface area (Å²) in [4.78, 5) is 11.8. The predicted molar refractivity (Wildman–Crippen MR) is 84.9 cm³/mol. The van der Waals surface area contributed by atoms with Gasteiger partial charge in [0.25, 0.3) is 5.91 Å². The monoisotopic (exact) mass is 321 g/mol. The highest BCUT2D eigenvalue weighted by atomic mass is 32.1. The Labute approximate surface area is 132 Å². The van der Waals surface area contributed by atoms with Crippen molar-refractivity contribution in [2.24, 2.45) is 0 Å². The van der Waals surface area contributed by atoms with Crippen LogP contribution in [0.1, 0.15) is 16.1 Å². The van der Waals surface area contributed by atoms with Crippen molar-refractivity contribution in [3.63, 3.8) is 0 Å². The molecule has 1 amide bonds. The Morgan fingerprint density at radius 3 is 2.50 bits per heavy atom. The first kappa shape index (κ1) is 16.0. The molecule has 7 heteroatoms. The van der Waals surface area contributed by atoms with E-state index in [9.17, 15) is 9.18 Å². The molecule has 116 valence electrons. The number of carbonyl (C=O) groups excluding carboxylic acids is 1. The van der Waals surface area contributed by atoms with E-state index in [0.717, 1.165) is 5.76 Å². The second kappa shape index (κ2) is 8.14. The van der Waals surface area contributed by atoms with E-state index in [1.807, 2.05) is 6.07 Å². The molecule has 0 saturated carbocycles. The lowest BCUT2D eigenvalue weighted by Crippen LogP contribution is -2.39. The number of amides is 1. The Kier molecular flexibility index (Phi) is 5.91. The van der Waals surface area contributed by atoms with E-state index in [2.05, 4.69) is 16.0 Å². The average molecular weight is 321 g/mol. The number of furan rings is 1. The second-order valence-electron chi connectivity index (χ2n) is 4.45. The summed E-state index contributed by atoms with van der Waals surface area (Å²) in [5.41, 5.74) is 0.417. The van der Waals surface area contributed by atoms with Crippen molar-refractivity contribution in [1.29, 1.82) is 0 Å². The molecule has 1 heterocycles. The normalized spacial score (nSPS) is 10.0. The highest BCUT2D eigenvalue weighted by Gasteiger charge is 2.04. The number of hydrogen-bond donors (Lipinski definition) is 3. The molecule has 0 atom stereocenters. The molecule has 1 aromatic carbocycles. The van der Waals surface area contributed by atoms with Crippen LogP contribution in [0.25, 0.3) is 0 Å². The molecule has 2 rings (SSSR count). The summed E-state index contributed by atoms with van der Waals surface area (Å²) >= 11 is 5.10. The molecule has 0 unspecified atom stereocenters. The van der Waals surface area contributed by atoms with Crippen LogP contribution in [0.5, 0.6) is 0 Å². The first-order valence-electron chi connectivity index (χ1n) is 6.73. The van der Waals surface area contributed by atoms with Gasteiger partial charge in [0.1, 0.15) is 11.6 Å². The van der Waals surface area contributed by atoms with Gasteiger partial charge in [0.15, 0.2) is 5.11 Å². The lowest BCUT2D eigenvalue weighted by atomic mass is 10.2. The summed E-state index contributed by atoms with van der Waals surface area (Å²) in [6.45, 7) is 1.39. The third-order valence-corrected chi connectivity index (χ3v) is 3.09. The zero-order chi connectivity index (χ0) is 15.8. The van der Waals surface area contributed by atoms with Gasteiger partial charge in [-0.2, -0.15) is 0 Å². The molecule has 5 nitrogen and oxygen atoms in total. The van der Waals surface area contributed by atoms with E-state index in [0.29, 0.717) is 30.3 Å². The number of halogens is 1. The van der Waals surface area contributed by atoms with E-state index in [4.69, 9.17) is 16.6 Å². The number of hydrogen-bond acceptors (Lipinski definition) is 3. The number of thiocarbonyl (C=S) groups is 1. The van der Waals surface area contributed by atoms with Gasteiger partial charge in [0.2, 0.25) is 0 Å². The molecule has 2 aromatic rings. The van der Waals surface area contributed by atoms with E-state index in [-0.39, 0.29) is 11.7 Å². The molecular formula is C15H16FN3O2S. The van der Waals surface area contributed by atoms with Gasteiger partial charge in [-0.25, -0.2) is 4.39 Å². The van der Waals surface area contributed by atoms with Gasteiger partial charge in [0, 0.05) is 18.7 Å². The molecule has 0 fully saturated rings. The van der Waals surface area contributed by atoms with Crippen molar-refractivity contribution in [2.45, 2.75) is 6.54 Å². The smallest absolute Gasteiger partial charge is 0.251 e. The van der Waals surface area contributed by atoms with Crippen LogP contribution in [0.2, 0.25) is 0 Å². The van der Waals surface area contributed by atoms with Gasteiger partial charge in [-0.3, -0.25) is 4.79 Å². The van der Waals surface area contributed by atoms with E-state index >= 15 is 0 Å². The topological polar surface area (TPSA) is 66.3 Å². The maximum Gasteiger partial charge on any atom is 0.251 e. The number of rotatable bonds is 6. The quantitative estimate of drug-likeness (QED) is 0.559. The zero-order valence-electron chi connectivity index (χ0n) is 11.8. The van der Waals surface area contributed by atoms with Gasteiger partial charge in [-0.05, 0) is 48.6 Å². The summed E-state index contributed by atoms with van der Waals surface area (Å²) in [6, 6.07) is 9.03. The van der Waals surface area contributed by atoms with Crippen molar-refractivity contribution >= 4 is 23.2 Å². The molecule has 0 saturated heterocycles. The molecule has 1 aromatic heterocycles. The van der Waals surface area contributed by atoms with Crippen LogP contribution < -0.4 is 16.0 Å². The van der Waals surface area contributed by atoms with Crippen LogP contribution >= 0.6 is 12.2 Å². The van der Waals surface area contributed by atoms with Crippen LogP contribution in [-0.4, -0.2) is 24.1 Å². The van der Waals surface area contributed by atoms with Crippen LogP contribution in [0.4, 0.5) is 4.39 Å². The van der Waals surface area contributed by atoms with E-state index in [1.54, 1.807) is 12.3 Å². The number of benzene rings is 1. The van der Waals surface area contributed by atoms with Crippen LogP contribution in [-0.2, 0) is 6.54 Å². The lowest BCUT2D eigenvalue weighted by molar-refractivity contribution is 0.0954. The fourth-order valence-corrected chi connectivity index (χ4v) is 1.87. The fourth-order valence-electron chi connectivity index (χ4n) is 1.70. The minimum absolute atomic E-state index is 0.253. The summed E-state index contributed by atoms with van der Waals surface area (Å²) in [7, 11) is 0. The Bertz CT molecular complexity index is 614. The maximum absolute atomic E-state index is 12.8. The third-order valence-electron chi connectivity index (χ3n) is 2.81. The molecule has 0 aliphatic heterocycles. The minimum atomic E-state index is -0.369. The highest BCUT2D eigenvalue weighted by Crippen LogP contribution is 2.02. The molecule has 0 radical (unpaired) electrons. The molecule has 3 N–H and O–H groups in total. The van der Waals surface area contributed by atoms with Crippen LogP contribution in [0.15, 0.2) is 47.1 Å². The summed E-state index contributed by atoms with van der Waals surface area (Å²) in [5.74, 6) is 0.163. The molecule has 0 bridgehead atoms. The molecule has 22 heavy (non-hydrogen) atoms. The first-order valence-corrected chi connectivity index (χ1v) is 7.14. The van der Waals surface area contributed by atoms with Crippen molar-refractivity contribution in [2.75, 3.05) is 13.1 Å². The minimum Gasteiger partial charge on any atom is -0.467 e. The van der Waals surface area contributed by atoms with Gasteiger partial charge in [0.05, 0.1) is 12.8 Å². The Hall–Kier alpha value is -2.41. The molecule has 0 aliphatic rings. The van der Waals surface area contributed by atoms with Crippen LogP contribution in [0.3, 0.4) is 0 Å². The number of carbonyl (C=O) groups is 1. The van der Waals surface area contributed by atoms with E-state index < -0.39 is 0 Å². The van der Waals surface area contributed by atoms with E-state index in [1.165, 1.54) is 24.3 Å². The Morgan fingerprint density at radius 2 is 1.82 bits per heavy atom. The van der Waals surface area contributed by atoms with Gasteiger partial charge in [-0.1, -0.05) is 0 Å². The zero-order valence-corrected chi connectivity index (χ0v) is 12.6. The third kappa shape index (κ3) is 5.17. The Balaban J connectivity index is 1.61. The fraction of sp³-hybridized carbons (Fsp3) is 0.200. The molecule has 0 spiro atoms. The first-order chi connectivity index (χ1) is 10.6. The van der Waals surface area contributed by atoms with Crippen molar-refractivity contribution in [3.8, 4) is 0 Å². The van der Waals surface area contributed by atoms with Crippen molar-refractivity contribution < 1.29 is 13.6 Å². The van der Waals surface area contributed by atoms with Gasteiger partial charge >= 0.3 is 0 Å². The van der Waals surface area contributed by atoms with Crippen molar-refractivity contribution in [1.82, 2.24) is 16.0 Å². The van der Waals surface area contributed by atoms with Crippen molar-refractivity contribution in [3.05, 3.63) is 59.8 Å². The standard InChI is InChI=1S/C15H16FN3O2S/c16-12-5-3-11(4-6-12)14(20)17-7-8-18-15(22)19-10-13-2-1-9-21-13/h1-6,9H,7-8,10H2,(H,17,20)(H2,18,19,22). The lowest BCUT2D eigenvalue weighted by Gasteiger charge is -2.10. The largest absolute Gasteiger partial charge is 0.467 e. The van der Waals surface area contributed by atoms with Crippen LogP contribution in [0, 0.1) is 5.82 Å². The second-order valence-corrected chi connectivity index (χ2v) is 4.86. The predicted octanol–water partition coefficient (Wildman–Crippen LogP) is 1.81. The summed E-state index contributed by atoms with van der Waals surface area (Å²) in [5, 5.41) is 9.14. The summed E-state index contributed by atoms with van der Waals surface area (Å²) < 4.78 is 17.9.